The van der Waals surface area contributed by atoms with Crippen molar-refractivity contribution in [2.75, 3.05) is 6.61 Å². The maximum atomic E-state index is 11.6. The molecule has 22 heavy (non-hydrogen) atoms. The first-order chi connectivity index (χ1) is 10.6. The second kappa shape index (κ2) is 7.80. The van der Waals surface area contributed by atoms with E-state index in [1.165, 1.54) is 0 Å². The Labute approximate surface area is 134 Å². The molecule has 2 rings (SSSR count). The van der Waals surface area contributed by atoms with E-state index in [1.54, 1.807) is 37.7 Å². The second-order valence-electron chi connectivity index (χ2n) is 4.79. The van der Waals surface area contributed by atoms with Crippen molar-refractivity contribution in [1.82, 2.24) is 0 Å². The molecular formula is C18H18O3S. The van der Waals surface area contributed by atoms with Crippen molar-refractivity contribution in [2.45, 2.75) is 24.5 Å². The van der Waals surface area contributed by atoms with E-state index >= 15 is 0 Å². The minimum atomic E-state index is -0.290. The van der Waals surface area contributed by atoms with E-state index in [1.807, 2.05) is 36.4 Å². The molecule has 0 saturated heterocycles. The number of ketones is 1. The third-order valence-electron chi connectivity index (χ3n) is 3.13. The lowest BCUT2D eigenvalue weighted by atomic mass is 10.1. The van der Waals surface area contributed by atoms with E-state index in [2.05, 4.69) is 0 Å². The molecule has 0 aliphatic carbocycles. The predicted molar refractivity (Wildman–Crippen MR) is 88.4 cm³/mol. The Hall–Kier alpha value is -2.07. The van der Waals surface area contributed by atoms with Crippen LogP contribution in [0.3, 0.4) is 0 Å². The standard InChI is InChI=1S/C18H18O3S/c1-3-21-18(20)16-6-4-14(5-7-16)12-22-17-10-8-15(9-11-17)13(2)19/h4-11H,3,12H2,1-2H3. The Morgan fingerprint density at radius 1 is 0.955 bits per heavy atom. The van der Waals surface area contributed by atoms with Crippen LogP contribution < -0.4 is 0 Å². The molecule has 114 valence electrons. The van der Waals surface area contributed by atoms with Crippen molar-refractivity contribution in [2.24, 2.45) is 0 Å². The summed E-state index contributed by atoms with van der Waals surface area (Å²) in [6, 6.07) is 15.0. The van der Waals surface area contributed by atoms with E-state index in [-0.39, 0.29) is 11.8 Å². The molecule has 0 heterocycles. The van der Waals surface area contributed by atoms with Gasteiger partial charge in [-0.3, -0.25) is 4.79 Å². The van der Waals surface area contributed by atoms with Gasteiger partial charge in [0.15, 0.2) is 5.78 Å². The highest BCUT2D eigenvalue weighted by Crippen LogP contribution is 2.23. The van der Waals surface area contributed by atoms with E-state index in [0.717, 1.165) is 21.8 Å². The summed E-state index contributed by atoms with van der Waals surface area (Å²) >= 11 is 1.69. The van der Waals surface area contributed by atoms with Crippen molar-refractivity contribution < 1.29 is 14.3 Å². The summed E-state index contributed by atoms with van der Waals surface area (Å²) in [5, 5.41) is 0. The van der Waals surface area contributed by atoms with Crippen LogP contribution >= 0.6 is 11.8 Å². The average Bonchev–Trinajstić information content (AvgIpc) is 2.54. The maximum Gasteiger partial charge on any atom is 0.338 e. The van der Waals surface area contributed by atoms with Crippen molar-refractivity contribution >= 4 is 23.5 Å². The molecule has 0 unspecified atom stereocenters. The zero-order chi connectivity index (χ0) is 15.9. The quantitative estimate of drug-likeness (QED) is 0.451. The molecular weight excluding hydrogens is 296 g/mol. The van der Waals surface area contributed by atoms with Gasteiger partial charge in [-0.25, -0.2) is 4.79 Å². The second-order valence-corrected chi connectivity index (χ2v) is 5.84. The Morgan fingerprint density at radius 2 is 1.55 bits per heavy atom. The van der Waals surface area contributed by atoms with Crippen molar-refractivity contribution in [3.8, 4) is 0 Å². The number of hydrogen-bond acceptors (Lipinski definition) is 4. The van der Waals surface area contributed by atoms with Gasteiger partial charge in [0.25, 0.3) is 0 Å². The number of hydrogen-bond donors (Lipinski definition) is 0. The van der Waals surface area contributed by atoms with Crippen molar-refractivity contribution in [3.05, 3.63) is 65.2 Å². The van der Waals surface area contributed by atoms with Gasteiger partial charge in [0, 0.05) is 16.2 Å². The van der Waals surface area contributed by atoms with Gasteiger partial charge in [-0.1, -0.05) is 24.3 Å². The van der Waals surface area contributed by atoms with Crippen LogP contribution in [0.5, 0.6) is 0 Å². The SMILES string of the molecule is CCOC(=O)c1ccc(CSc2ccc(C(C)=O)cc2)cc1. The summed E-state index contributed by atoms with van der Waals surface area (Å²) in [4.78, 5) is 23.9. The number of carbonyl (C=O) groups is 2. The minimum Gasteiger partial charge on any atom is -0.462 e. The van der Waals surface area contributed by atoms with Gasteiger partial charge in [-0.2, -0.15) is 0 Å². The van der Waals surface area contributed by atoms with Crippen LogP contribution in [0, 0.1) is 0 Å². The first-order valence-electron chi connectivity index (χ1n) is 7.10. The first kappa shape index (κ1) is 16.3. The molecule has 0 bridgehead atoms. The van der Waals surface area contributed by atoms with Crippen LogP contribution in [0.15, 0.2) is 53.4 Å². The number of Topliss-reactive ketones (excluding diaryl/α,β-unsaturated/α-hetero) is 1. The zero-order valence-corrected chi connectivity index (χ0v) is 13.5. The molecule has 0 aromatic heterocycles. The van der Waals surface area contributed by atoms with Crippen molar-refractivity contribution in [1.29, 1.82) is 0 Å². The van der Waals surface area contributed by atoms with Gasteiger partial charge in [0.05, 0.1) is 12.2 Å². The molecule has 3 nitrogen and oxygen atoms in total. The van der Waals surface area contributed by atoms with E-state index in [0.29, 0.717) is 12.2 Å². The lowest BCUT2D eigenvalue weighted by molar-refractivity contribution is 0.0526. The van der Waals surface area contributed by atoms with Crippen LogP contribution in [-0.4, -0.2) is 18.4 Å². The van der Waals surface area contributed by atoms with Gasteiger partial charge in [0.2, 0.25) is 0 Å². The highest BCUT2D eigenvalue weighted by Gasteiger charge is 2.06. The fraction of sp³-hybridized carbons (Fsp3) is 0.222. The Bertz CT molecular complexity index is 645. The average molecular weight is 314 g/mol. The van der Waals surface area contributed by atoms with Crippen molar-refractivity contribution in [3.63, 3.8) is 0 Å². The molecule has 0 radical (unpaired) electrons. The molecule has 0 spiro atoms. The van der Waals surface area contributed by atoms with Gasteiger partial charge in [0.1, 0.15) is 0 Å². The van der Waals surface area contributed by atoms with Crippen LogP contribution in [0.2, 0.25) is 0 Å². The topological polar surface area (TPSA) is 43.4 Å². The zero-order valence-electron chi connectivity index (χ0n) is 12.7. The van der Waals surface area contributed by atoms with Gasteiger partial charge < -0.3 is 4.74 Å². The highest BCUT2D eigenvalue weighted by atomic mass is 32.2. The molecule has 2 aromatic carbocycles. The van der Waals surface area contributed by atoms with Crippen LogP contribution in [-0.2, 0) is 10.5 Å². The summed E-state index contributed by atoms with van der Waals surface area (Å²) < 4.78 is 4.96. The largest absolute Gasteiger partial charge is 0.462 e. The molecule has 0 amide bonds. The fourth-order valence-corrected chi connectivity index (χ4v) is 2.76. The van der Waals surface area contributed by atoms with Crippen LogP contribution in [0.1, 0.15) is 40.1 Å². The van der Waals surface area contributed by atoms with Gasteiger partial charge in [-0.05, 0) is 43.7 Å². The third kappa shape index (κ3) is 4.46. The molecule has 0 aliphatic heterocycles. The molecule has 4 heteroatoms. The lowest BCUT2D eigenvalue weighted by Gasteiger charge is -2.05. The number of carbonyl (C=O) groups excluding carboxylic acids is 2. The van der Waals surface area contributed by atoms with Gasteiger partial charge in [-0.15, -0.1) is 11.8 Å². The highest BCUT2D eigenvalue weighted by molar-refractivity contribution is 7.98. The summed E-state index contributed by atoms with van der Waals surface area (Å²) in [6.45, 7) is 3.74. The number of thioether (sulfide) groups is 1. The summed E-state index contributed by atoms with van der Waals surface area (Å²) in [6.07, 6.45) is 0. The molecule has 0 saturated carbocycles. The monoisotopic (exact) mass is 314 g/mol. The summed E-state index contributed by atoms with van der Waals surface area (Å²) in [5.41, 5.74) is 2.43. The fourth-order valence-electron chi connectivity index (χ4n) is 1.90. The molecule has 2 aromatic rings. The minimum absolute atomic E-state index is 0.0751. The van der Waals surface area contributed by atoms with Crippen LogP contribution in [0.25, 0.3) is 0 Å². The molecule has 0 N–H and O–H groups in total. The third-order valence-corrected chi connectivity index (χ3v) is 4.21. The number of benzene rings is 2. The number of esters is 1. The summed E-state index contributed by atoms with van der Waals surface area (Å²) in [5.74, 6) is 0.593. The molecule has 0 atom stereocenters. The summed E-state index contributed by atoms with van der Waals surface area (Å²) in [7, 11) is 0. The number of ether oxygens (including phenoxy) is 1. The molecule has 0 fully saturated rings. The lowest BCUT2D eigenvalue weighted by Crippen LogP contribution is -2.04. The van der Waals surface area contributed by atoms with E-state index in [9.17, 15) is 9.59 Å². The smallest absolute Gasteiger partial charge is 0.338 e. The Morgan fingerprint density at radius 3 is 2.09 bits per heavy atom. The molecule has 0 aliphatic rings. The predicted octanol–water partition coefficient (Wildman–Crippen LogP) is 4.36. The maximum absolute atomic E-state index is 11.6. The number of rotatable bonds is 6. The van der Waals surface area contributed by atoms with Crippen LogP contribution in [0.4, 0.5) is 0 Å². The Balaban J connectivity index is 1.94. The Kier molecular flexibility index (Phi) is 5.78. The first-order valence-corrected chi connectivity index (χ1v) is 8.08. The normalized spacial score (nSPS) is 10.3. The van der Waals surface area contributed by atoms with E-state index in [4.69, 9.17) is 4.74 Å². The van der Waals surface area contributed by atoms with Gasteiger partial charge >= 0.3 is 5.97 Å². The van der Waals surface area contributed by atoms with E-state index < -0.39 is 0 Å².